The molecule has 0 spiro atoms. The van der Waals surface area contributed by atoms with Crippen LogP contribution in [0.1, 0.15) is 29.3 Å². The van der Waals surface area contributed by atoms with Crippen molar-refractivity contribution in [3.05, 3.63) is 59.9 Å². The molecule has 3 rings (SSSR count). The molecule has 0 aliphatic rings. The van der Waals surface area contributed by atoms with Crippen molar-refractivity contribution in [2.24, 2.45) is 0 Å². The number of carbonyl (C=O) groups is 1. The Balaban J connectivity index is 1.74. The van der Waals surface area contributed by atoms with Crippen LogP contribution in [0.4, 0.5) is 0 Å². The first-order valence-electron chi connectivity index (χ1n) is 8.87. The average Bonchev–Trinajstić information content (AvgIpc) is 3.10. The van der Waals surface area contributed by atoms with Gasteiger partial charge < -0.3 is 9.47 Å². The quantitative estimate of drug-likeness (QED) is 0.583. The van der Waals surface area contributed by atoms with E-state index in [0.29, 0.717) is 5.56 Å². The summed E-state index contributed by atoms with van der Waals surface area (Å²) >= 11 is 1.65. The van der Waals surface area contributed by atoms with Gasteiger partial charge in [-0.25, -0.2) is 0 Å². The van der Waals surface area contributed by atoms with Crippen molar-refractivity contribution in [2.45, 2.75) is 30.8 Å². The molecule has 0 fully saturated rings. The lowest BCUT2D eigenvalue weighted by Crippen LogP contribution is -2.21. The number of thioether (sulfide) groups is 1. The first kappa shape index (κ1) is 19.1. The molecule has 0 aliphatic heterocycles. The second-order valence-corrected chi connectivity index (χ2v) is 7.32. The fourth-order valence-electron chi connectivity index (χ4n) is 2.68. The van der Waals surface area contributed by atoms with Gasteiger partial charge in [0.2, 0.25) is 0 Å². The summed E-state index contributed by atoms with van der Waals surface area (Å²) in [5.74, 6) is 1.65. The van der Waals surface area contributed by atoms with Gasteiger partial charge in [-0.15, -0.1) is 10.2 Å². The van der Waals surface area contributed by atoms with E-state index in [1.54, 1.807) is 43.2 Å². The highest BCUT2D eigenvalue weighted by Crippen LogP contribution is 2.26. The lowest BCUT2D eigenvalue weighted by atomic mass is 10.1. The van der Waals surface area contributed by atoms with Crippen LogP contribution in [0, 0.1) is 0 Å². The number of nitrogens with zero attached hydrogens (tertiary/aromatic N) is 5. The second kappa shape index (κ2) is 8.81. The Morgan fingerprint density at radius 3 is 2.41 bits per heavy atom. The molecule has 0 N–H and O–H groups in total. The van der Waals surface area contributed by atoms with Crippen LogP contribution in [0.2, 0.25) is 0 Å². The van der Waals surface area contributed by atoms with E-state index in [-0.39, 0.29) is 5.91 Å². The van der Waals surface area contributed by atoms with Crippen LogP contribution >= 0.6 is 11.8 Å². The van der Waals surface area contributed by atoms with Gasteiger partial charge in [-0.1, -0.05) is 30.8 Å². The van der Waals surface area contributed by atoms with Crippen molar-refractivity contribution in [3.8, 4) is 11.4 Å². The molecule has 0 unspecified atom stereocenters. The molecule has 7 heteroatoms. The predicted octanol–water partition coefficient (Wildman–Crippen LogP) is 3.74. The summed E-state index contributed by atoms with van der Waals surface area (Å²) in [4.78, 5) is 17.6. The molecule has 0 aliphatic carbocycles. The van der Waals surface area contributed by atoms with E-state index in [0.717, 1.165) is 40.8 Å². The van der Waals surface area contributed by atoms with Crippen molar-refractivity contribution in [3.63, 3.8) is 0 Å². The minimum absolute atomic E-state index is 0.0129. The van der Waals surface area contributed by atoms with Crippen LogP contribution in [-0.2, 0) is 12.3 Å². The molecule has 1 amide bonds. The molecule has 27 heavy (non-hydrogen) atoms. The lowest BCUT2D eigenvalue weighted by molar-refractivity contribution is 0.0827. The monoisotopic (exact) mass is 381 g/mol. The number of amides is 1. The number of benzene rings is 1. The maximum absolute atomic E-state index is 12.0. The zero-order valence-electron chi connectivity index (χ0n) is 15.8. The van der Waals surface area contributed by atoms with Crippen LogP contribution in [0.3, 0.4) is 0 Å². The zero-order valence-corrected chi connectivity index (χ0v) is 16.6. The minimum atomic E-state index is 0.0129. The van der Waals surface area contributed by atoms with Gasteiger partial charge in [0, 0.05) is 49.9 Å². The van der Waals surface area contributed by atoms with Crippen molar-refractivity contribution >= 4 is 17.7 Å². The fraction of sp³-hybridized carbons (Fsp3) is 0.300. The first-order valence-corrected chi connectivity index (χ1v) is 9.85. The van der Waals surface area contributed by atoms with Crippen LogP contribution in [0.5, 0.6) is 0 Å². The smallest absolute Gasteiger partial charge is 0.253 e. The molecule has 2 heterocycles. The van der Waals surface area contributed by atoms with Crippen molar-refractivity contribution in [2.75, 3.05) is 14.1 Å². The Morgan fingerprint density at radius 2 is 1.78 bits per heavy atom. The van der Waals surface area contributed by atoms with Gasteiger partial charge >= 0.3 is 0 Å². The summed E-state index contributed by atoms with van der Waals surface area (Å²) in [6.45, 7) is 3.01. The van der Waals surface area contributed by atoms with E-state index < -0.39 is 0 Å². The summed E-state index contributed by atoms with van der Waals surface area (Å²) in [5.41, 5.74) is 2.86. The van der Waals surface area contributed by atoms with E-state index in [9.17, 15) is 4.79 Å². The summed E-state index contributed by atoms with van der Waals surface area (Å²) in [7, 11) is 3.51. The van der Waals surface area contributed by atoms with E-state index in [1.807, 2.05) is 36.4 Å². The van der Waals surface area contributed by atoms with Crippen molar-refractivity contribution in [1.29, 1.82) is 0 Å². The second-order valence-electron chi connectivity index (χ2n) is 6.38. The van der Waals surface area contributed by atoms with Gasteiger partial charge in [0.05, 0.1) is 0 Å². The predicted molar refractivity (Wildman–Crippen MR) is 108 cm³/mol. The Kier molecular flexibility index (Phi) is 6.24. The fourth-order valence-corrected chi connectivity index (χ4v) is 3.61. The highest BCUT2D eigenvalue weighted by Gasteiger charge is 2.14. The van der Waals surface area contributed by atoms with Crippen LogP contribution < -0.4 is 0 Å². The summed E-state index contributed by atoms with van der Waals surface area (Å²) < 4.78 is 2.16. The molecule has 0 saturated heterocycles. The number of pyridine rings is 1. The number of rotatable bonds is 7. The average molecular weight is 382 g/mol. The third-order valence-electron chi connectivity index (χ3n) is 4.08. The summed E-state index contributed by atoms with van der Waals surface area (Å²) in [5, 5.41) is 9.68. The van der Waals surface area contributed by atoms with Gasteiger partial charge in [-0.2, -0.15) is 0 Å². The van der Waals surface area contributed by atoms with Gasteiger partial charge in [0.15, 0.2) is 11.0 Å². The van der Waals surface area contributed by atoms with Gasteiger partial charge in [-0.3, -0.25) is 9.78 Å². The van der Waals surface area contributed by atoms with Crippen LogP contribution in [-0.4, -0.2) is 44.7 Å². The Bertz CT molecular complexity index is 890. The Hall–Kier alpha value is -2.67. The molecule has 6 nitrogen and oxygen atoms in total. The number of hydrogen-bond donors (Lipinski definition) is 0. The maximum Gasteiger partial charge on any atom is 0.253 e. The van der Waals surface area contributed by atoms with E-state index >= 15 is 0 Å². The van der Waals surface area contributed by atoms with E-state index in [4.69, 9.17) is 0 Å². The number of carbonyl (C=O) groups excluding carboxylic acids is 1. The topological polar surface area (TPSA) is 63.9 Å². The third-order valence-corrected chi connectivity index (χ3v) is 5.12. The SMILES string of the molecule is CCCn1c(SCc2ccc(C(=O)N(C)C)cc2)nnc1-c1ccncc1. The number of hydrogen-bond acceptors (Lipinski definition) is 5. The molecule has 0 saturated carbocycles. The molecule has 0 bridgehead atoms. The molecule has 2 aromatic heterocycles. The van der Waals surface area contributed by atoms with Crippen LogP contribution in [0.15, 0.2) is 53.9 Å². The maximum atomic E-state index is 12.0. The highest BCUT2D eigenvalue weighted by molar-refractivity contribution is 7.98. The normalized spacial score (nSPS) is 10.8. The molecular formula is C20H23N5OS. The van der Waals surface area contributed by atoms with Gasteiger partial charge in [-0.05, 0) is 36.2 Å². The Labute approximate surface area is 163 Å². The molecule has 0 atom stereocenters. The third kappa shape index (κ3) is 4.54. The van der Waals surface area contributed by atoms with E-state index in [2.05, 4.69) is 26.7 Å². The van der Waals surface area contributed by atoms with Gasteiger partial charge in [0.25, 0.3) is 5.91 Å². The largest absolute Gasteiger partial charge is 0.345 e. The zero-order chi connectivity index (χ0) is 19.2. The van der Waals surface area contributed by atoms with Gasteiger partial charge in [0.1, 0.15) is 0 Å². The van der Waals surface area contributed by atoms with Crippen LogP contribution in [0.25, 0.3) is 11.4 Å². The molecule has 0 radical (unpaired) electrons. The van der Waals surface area contributed by atoms with Crippen molar-refractivity contribution < 1.29 is 4.79 Å². The molecular weight excluding hydrogens is 358 g/mol. The molecule has 140 valence electrons. The lowest BCUT2D eigenvalue weighted by Gasteiger charge is -2.11. The highest BCUT2D eigenvalue weighted by atomic mass is 32.2. The molecule has 3 aromatic rings. The Morgan fingerprint density at radius 1 is 1.07 bits per heavy atom. The standard InChI is InChI=1S/C20H23N5OS/c1-4-13-25-18(16-9-11-21-12-10-16)22-23-20(25)27-14-15-5-7-17(8-6-15)19(26)24(2)3/h5-12H,4,13-14H2,1-3H3. The molecule has 1 aromatic carbocycles. The first-order chi connectivity index (χ1) is 13.1. The van der Waals surface area contributed by atoms with Crippen molar-refractivity contribution in [1.82, 2.24) is 24.6 Å². The van der Waals surface area contributed by atoms with E-state index in [1.165, 1.54) is 0 Å². The summed E-state index contributed by atoms with van der Waals surface area (Å²) in [6, 6.07) is 11.6. The summed E-state index contributed by atoms with van der Waals surface area (Å²) in [6.07, 6.45) is 4.54. The minimum Gasteiger partial charge on any atom is -0.345 e. The number of aromatic nitrogens is 4.